The minimum Gasteiger partial charge on any atom is -0.505 e. The molecule has 0 saturated heterocycles. The van der Waals surface area contributed by atoms with Gasteiger partial charge >= 0.3 is 5.97 Å². The van der Waals surface area contributed by atoms with Crippen LogP contribution in [-0.2, 0) is 9.53 Å². The molecule has 1 aromatic rings. The van der Waals surface area contributed by atoms with Gasteiger partial charge in [0.25, 0.3) is 0 Å². The third-order valence-electron chi connectivity index (χ3n) is 1.53. The fourth-order valence-corrected chi connectivity index (χ4v) is 1.04. The standard InChI is InChI=1S/C10H10ClNO3/c1-2-15-9(14)6-4-7-3-5-8(13)10(11)12-7/h3-6,13H,2H2,1H3. The molecule has 0 bridgehead atoms. The highest BCUT2D eigenvalue weighted by atomic mass is 35.5. The molecule has 0 amide bonds. The van der Waals surface area contributed by atoms with Gasteiger partial charge in [-0.25, -0.2) is 9.78 Å². The number of halogens is 1. The van der Waals surface area contributed by atoms with Gasteiger partial charge in [-0.1, -0.05) is 11.6 Å². The number of nitrogens with zero attached hydrogens (tertiary/aromatic N) is 1. The van der Waals surface area contributed by atoms with Gasteiger partial charge in [0.2, 0.25) is 0 Å². The van der Waals surface area contributed by atoms with Crippen molar-refractivity contribution in [1.29, 1.82) is 0 Å². The van der Waals surface area contributed by atoms with Crippen LogP contribution in [-0.4, -0.2) is 22.7 Å². The Balaban J connectivity index is 2.72. The first-order valence-electron chi connectivity index (χ1n) is 4.34. The van der Waals surface area contributed by atoms with Crippen molar-refractivity contribution in [3.05, 3.63) is 29.1 Å². The largest absolute Gasteiger partial charge is 0.505 e. The minimum absolute atomic E-state index is 0.000934. The lowest BCUT2D eigenvalue weighted by Gasteiger charge is -1.97. The third kappa shape index (κ3) is 3.59. The summed E-state index contributed by atoms with van der Waals surface area (Å²) in [4.78, 5) is 14.8. The summed E-state index contributed by atoms with van der Waals surface area (Å²) in [5.41, 5.74) is 0.478. The zero-order valence-electron chi connectivity index (χ0n) is 8.11. The van der Waals surface area contributed by atoms with Crippen LogP contribution in [0.25, 0.3) is 6.08 Å². The lowest BCUT2D eigenvalue weighted by molar-refractivity contribution is -0.137. The van der Waals surface area contributed by atoms with E-state index in [1.165, 1.54) is 24.3 Å². The Bertz CT molecular complexity index is 390. The van der Waals surface area contributed by atoms with E-state index in [1.807, 2.05) is 0 Å². The third-order valence-corrected chi connectivity index (χ3v) is 1.81. The summed E-state index contributed by atoms with van der Waals surface area (Å²) in [5, 5.41) is 9.10. The molecule has 0 aliphatic carbocycles. The van der Waals surface area contributed by atoms with E-state index in [9.17, 15) is 4.79 Å². The molecule has 4 nitrogen and oxygen atoms in total. The zero-order chi connectivity index (χ0) is 11.3. The second kappa shape index (κ2) is 5.36. The molecule has 0 atom stereocenters. The van der Waals surface area contributed by atoms with E-state index in [0.29, 0.717) is 12.3 Å². The van der Waals surface area contributed by atoms with E-state index in [1.54, 1.807) is 6.92 Å². The van der Waals surface area contributed by atoms with Crippen molar-refractivity contribution in [1.82, 2.24) is 4.98 Å². The number of aromatic nitrogens is 1. The van der Waals surface area contributed by atoms with Crippen LogP contribution in [0.2, 0.25) is 5.15 Å². The highest BCUT2D eigenvalue weighted by Crippen LogP contribution is 2.20. The van der Waals surface area contributed by atoms with Gasteiger partial charge < -0.3 is 9.84 Å². The predicted molar refractivity (Wildman–Crippen MR) is 56.6 cm³/mol. The number of esters is 1. The highest BCUT2D eigenvalue weighted by Gasteiger charge is 2.00. The maximum atomic E-state index is 10.9. The van der Waals surface area contributed by atoms with Crippen molar-refractivity contribution in [2.75, 3.05) is 6.61 Å². The van der Waals surface area contributed by atoms with Crippen LogP contribution in [0, 0.1) is 0 Å². The van der Waals surface area contributed by atoms with Crippen LogP contribution in [0.1, 0.15) is 12.6 Å². The molecule has 15 heavy (non-hydrogen) atoms. The number of hydrogen-bond donors (Lipinski definition) is 1. The fourth-order valence-electron chi connectivity index (χ4n) is 0.878. The van der Waals surface area contributed by atoms with Crippen LogP contribution < -0.4 is 0 Å². The van der Waals surface area contributed by atoms with Gasteiger partial charge in [0, 0.05) is 6.08 Å². The number of rotatable bonds is 3. The molecule has 5 heteroatoms. The van der Waals surface area contributed by atoms with E-state index >= 15 is 0 Å². The maximum absolute atomic E-state index is 10.9. The van der Waals surface area contributed by atoms with Gasteiger partial charge in [-0.15, -0.1) is 0 Å². The second-order valence-electron chi connectivity index (χ2n) is 2.63. The molecule has 0 saturated carbocycles. The fraction of sp³-hybridized carbons (Fsp3) is 0.200. The van der Waals surface area contributed by atoms with Crippen LogP contribution >= 0.6 is 11.6 Å². The molecule has 0 unspecified atom stereocenters. The van der Waals surface area contributed by atoms with Gasteiger partial charge in [0.05, 0.1) is 12.3 Å². The first-order chi connectivity index (χ1) is 7.13. The smallest absolute Gasteiger partial charge is 0.330 e. The maximum Gasteiger partial charge on any atom is 0.330 e. The first-order valence-corrected chi connectivity index (χ1v) is 4.71. The summed E-state index contributed by atoms with van der Waals surface area (Å²) in [6, 6.07) is 2.94. The normalized spacial score (nSPS) is 10.5. The number of carbonyl (C=O) groups is 1. The number of pyridine rings is 1. The number of carbonyl (C=O) groups excluding carboxylic acids is 1. The van der Waals surface area contributed by atoms with Gasteiger partial charge in [0.15, 0.2) is 10.9 Å². The van der Waals surface area contributed by atoms with Crippen LogP contribution in [0.3, 0.4) is 0 Å². The summed E-state index contributed by atoms with van der Waals surface area (Å²) >= 11 is 5.58. The summed E-state index contributed by atoms with van der Waals surface area (Å²) in [5.74, 6) is -0.534. The van der Waals surface area contributed by atoms with Crippen LogP contribution in [0.15, 0.2) is 18.2 Å². The quantitative estimate of drug-likeness (QED) is 0.488. The van der Waals surface area contributed by atoms with Crippen molar-refractivity contribution in [2.45, 2.75) is 6.92 Å². The van der Waals surface area contributed by atoms with E-state index in [0.717, 1.165) is 0 Å². The molecule has 0 fully saturated rings. The van der Waals surface area contributed by atoms with Crippen molar-refractivity contribution in [3.8, 4) is 5.75 Å². The highest BCUT2D eigenvalue weighted by molar-refractivity contribution is 6.30. The molecule has 0 aliphatic rings. The zero-order valence-corrected chi connectivity index (χ0v) is 8.86. The topological polar surface area (TPSA) is 59.4 Å². The Kier molecular flexibility index (Phi) is 4.12. The lowest BCUT2D eigenvalue weighted by atomic mass is 10.3. The molecule has 80 valence electrons. The Labute approximate surface area is 92.2 Å². The van der Waals surface area contributed by atoms with Gasteiger partial charge in [-0.2, -0.15) is 0 Å². The monoisotopic (exact) mass is 227 g/mol. The number of aromatic hydroxyl groups is 1. The molecule has 0 aromatic carbocycles. The average molecular weight is 228 g/mol. The molecular formula is C10H10ClNO3. The number of hydrogen-bond acceptors (Lipinski definition) is 4. The Hall–Kier alpha value is -1.55. The van der Waals surface area contributed by atoms with Gasteiger partial charge in [-0.3, -0.25) is 0 Å². The predicted octanol–water partition coefficient (Wildman–Crippen LogP) is 2.02. The molecule has 1 heterocycles. The second-order valence-corrected chi connectivity index (χ2v) is 2.99. The van der Waals surface area contributed by atoms with E-state index < -0.39 is 5.97 Å². The lowest BCUT2D eigenvalue weighted by Crippen LogP contribution is -1.98. The van der Waals surface area contributed by atoms with E-state index in [-0.39, 0.29) is 10.9 Å². The Morgan fingerprint density at radius 2 is 2.40 bits per heavy atom. The van der Waals surface area contributed by atoms with E-state index in [4.69, 9.17) is 16.7 Å². The van der Waals surface area contributed by atoms with E-state index in [2.05, 4.69) is 9.72 Å². The average Bonchev–Trinajstić information content (AvgIpc) is 2.20. The van der Waals surface area contributed by atoms with Crippen molar-refractivity contribution < 1.29 is 14.6 Å². The van der Waals surface area contributed by atoms with Crippen molar-refractivity contribution in [2.24, 2.45) is 0 Å². The molecule has 1 rings (SSSR count). The Morgan fingerprint density at radius 3 is 3.00 bits per heavy atom. The molecule has 0 aliphatic heterocycles. The van der Waals surface area contributed by atoms with Gasteiger partial charge in [-0.05, 0) is 25.1 Å². The minimum atomic E-state index is -0.441. The van der Waals surface area contributed by atoms with Crippen LogP contribution in [0.5, 0.6) is 5.75 Å². The van der Waals surface area contributed by atoms with Crippen molar-refractivity contribution in [3.63, 3.8) is 0 Å². The SMILES string of the molecule is CCOC(=O)C=Cc1ccc(O)c(Cl)n1. The van der Waals surface area contributed by atoms with Crippen LogP contribution in [0.4, 0.5) is 0 Å². The molecule has 0 spiro atoms. The summed E-state index contributed by atoms with van der Waals surface area (Å²) in [7, 11) is 0. The number of ether oxygens (including phenoxy) is 1. The molecule has 0 radical (unpaired) electrons. The first kappa shape index (κ1) is 11.5. The Morgan fingerprint density at radius 1 is 1.67 bits per heavy atom. The summed E-state index contributed by atoms with van der Waals surface area (Å²) < 4.78 is 4.68. The molecular weight excluding hydrogens is 218 g/mol. The summed E-state index contributed by atoms with van der Waals surface area (Å²) in [6.45, 7) is 2.05. The summed E-state index contributed by atoms with van der Waals surface area (Å²) in [6.07, 6.45) is 2.71. The van der Waals surface area contributed by atoms with Gasteiger partial charge in [0.1, 0.15) is 0 Å². The van der Waals surface area contributed by atoms with Crippen molar-refractivity contribution >= 4 is 23.6 Å². The molecule has 1 N–H and O–H groups in total. The molecule has 1 aromatic heterocycles.